The van der Waals surface area contributed by atoms with Gasteiger partial charge in [0.2, 0.25) is 5.91 Å². The third kappa shape index (κ3) is 4.11. The van der Waals surface area contributed by atoms with Crippen LogP contribution in [0.15, 0.2) is 31.0 Å². The van der Waals surface area contributed by atoms with E-state index in [4.69, 9.17) is 9.47 Å². The van der Waals surface area contributed by atoms with Gasteiger partial charge in [-0.3, -0.25) is 4.79 Å². The maximum absolute atomic E-state index is 11.6. The molecule has 2 rings (SSSR count). The molecule has 2 aromatic heterocycles. The van der Waals surface area contributed by atoms with Crippen LogP contribution < -0.4 is 5.32 Å². The average molecular weight is 277 g/mol. The summed E-state index contributed by atoms with van der Waals surface area (Å²) in [5.74, 6) is 0.383. The molecule has 0 unspecified atom stereocenters. The van der Waals surface area contributed by atoms with Crippen LogP contribution in [0.5, 0.6) is 0 Å². The van der Waals surface area contributed by atoms with Crippen molar-refractivity contribution in [2.45, 2.75) is 0 Å². The molecule has 8 nitrogen and oxygen atoms in total. The largest absolute Gasteiger partial charge is 0.382 e. The molecule has 0 fully saturated rings. The Morgan fingerprint density at radius 2 is 2.30 bits per heavy atom. The van der Waals surface area contributed by atoms with E-state index in [1.165, 1.54) is 11.0 Å². The number of rotatable bonds is 7. The third-order valence-electron chi connectivity index (χ3n) is 2.35. The number of nitrogens with zero attached hydrogens (tertiary/aromatic N) is 4. The normalized spacial score (nSPS) is 10.4. The van der Waals surface area contributed by atoms with Crippen molar-refractivity contribution in [1.82, 2.24) is 19.7 Å². The molecule has 106 valence electrons. The zero-order valence-corrected chi connectivity index (χ0v) is 11.0. The Labute approximate surface area is 115 Å². The van der Waals surface area contributed by atoms with Crippen molar-refractivity contribution in [3.8, 4) is 5.82 Å². The summed E-state index contributed by atoms with van der Waals surface area (Å²) in [5, 5.41) is 6.64. The predicted molar refractivity (Wildman–Crippen MR) is 70.5 cm³/mol. The van der Waals surface area contributed by atoms with Crippen molar-refractivity contribution in [1.29, 1.82) is 0 Å². The highest BCUT2D eigenvalue weighted by molar-refractivity contribution is 5.91. The van der Waals surface area contributed by atoms with Crippen molar-refractivity contribution in [3.05, 3.63) is 31.0 Å². The summed E-state index contributed by atoms with van der Waals surface area (Å²) < 4.78 is 11.4. The van der Waals surface area contributed by atoms with Crippen LogP contribution in [0.3, 0.4) is 0 Å². The van der Waals surface area contributed by atoms with E-state index in [0.29, 0.717) is 24.7 Å². The minimum atomic E-state index is -0.239. The minimum Gasteiger partial charge on any atom is -0.382 e. The first-order valence-electron chi connectivity index (χ1n) is 5.97. The standard InChI is InChI=1S/C12H15N5O3/c1-19-4-5-20-7-12(18)16-10-2-3-11(14-6-10)17-9-13-8-15-17/h2-3,6,8-9H,4-5,7H2,1H3,(H,16,18). The summed E-state index contributed by atoms with van der Waals surface area (Å²) in [5.41, 5.74) is 0.592. The van der Waals surface area contributed by atoms with E-state index in [9.17, 15) is 4.79 Å². The van der Waals surface area contributed by atoms with Crippen molar-refractivity contribution in [3.63, 3.8) is 0 Å². The first kappa shape index (κ1) is 14.1. The fourth-order valence-corrected chi connectivity index (χ4v) is 1.43. The lowest BCUT2D eigenvalue weighted by atomic mass is 10.4. The molecule has 2 heterocycles. The van der Waals surface area contributed by atoms with Crippen molar-refractivity contribution in [2.75, 3.05) is 32.2 Å². The van der Waals surface area contributed by atoms with Gasteiger partial charge in [-0.15, -0.1) is 0 Å². The summed E-state index contributed by atoms with van der Waals surface area (Å²) in [7, 11) is 1.58. The Hall–Kier alpha value is -2.32. The number of carbonyl (C=O) groups excluding carboxylic acids is 1. The average Bonchev–Trinajstić information content (AvgIpc) is 2.99. The van der Waals surface area contributed by atoms with Crippen LogP contribution in [-0.4, -0.2) is 52.6 Å². The van der Waals surface area contributed by atoms with E-state index < -0.39 is 0 Å². The van der Waals surface area contributed by atoms with Gasteiger partial charge in [-0.1, -0.05) is 0 Å². The second-order valence-electron chi connectivity index (χ2n) is 3.84. The fraction of sp³-hybridized carbons (Fsp3) is 0.333. The molecule has 0 aliphatic carbocycles. The zero-order valence-electron chi connectivity index (χ0n) is 11.0. The van der Waals surface area contributed by atoms with Crippen LogP contribution in [0.1, 0.15) is 0 Å². The van der Waals surface area contributed by atoms with Gasteiger partial charge in [-0.25, -0.2) is 14.6 Å². The van der Waals surface area contributed by atoms with Crippen LogP contribution in [0.4, 0.5) is 5.69 Å². The molecular weight excluding hydrogens is 262 g/mol. The molecule has 1 N–H and O–H groups in total. The Kier molecular flexibility index (Phi) is 5.15. The lowest BCUT2D eigenvalue weighted by Gasteiger charge is -2.06. The van der Waals surface area contributed by atoms with E-state index in [-0.39, 0.29) is 12.5 Å². The first-order valence-corrected chi connectivity index (χ1v) is 5.97. The highest BCUT2D eigenvalue weighted by atomic mass is 16.5. The number of carbonyl (C=O) groups is 1. The number of nitrogens with one attached hydrogen (secondary N) is 1. The highest BCUT2D eigenvalue weighted by Crippen LogP contribution is 2.08. The second-order valence-corrected chi connectivity index (χ2v) is 3.84. The van der Waals surface area contributed by atoms with Crippen molar-refractivity contribution in [2.24, 2.45) is 0 Å². The van der Waals surface area contributed by atoms with Crippen molar-refractivity contribution >= 4 is 11.6 Å². The van der Waals surface area contributed by atoms with Crippen molar-refractivity contribution < 1.29 is 14.3 Å². The van der Waals surface area contributed by atoms with Crippen LogP contribution >= 0.6 is 0 Å². The minimum absolute atomic E-state index is 0.0197. The Bertz CT molecular complexity index is 527. The van der Waals surface area contributed by atoms with Gasteiger partial charge >= 0.3 is 0 Å². The predicted octanol–water partition coefficient (Wildman–Crippen LogP) is 0.264. The van der Waals surface area contributed by atoms with Crippen LogP contribution in [0.25, 0.3) is 5.82 Å². The molecule has 8 heteroatoms. The summed E-state index contributed by atoms with van der Waals surface area (Å²) in [4.78, 5) is 19.6. The number of anilines is 1. The molecule has 0 spiro atoms. The molecule has 0 atom stereocenters. The highest BCUT2D eigenvalue weighted by Gasteiger charge is 2.04. The molecule has 0 aliphatic heterocycles. The van der Waals surface area contributed by atoms with E-state index in [1.807, 2.05) is 0 Å². The van der Waals surface area contributed by atoms with Gasteiger partial charge in [0.15, 0.2) is 5.82 Å². The van der Waals surface area contributed by atoms with Gasteiger partial charge < -0.3 is 14.8 Å². The van der Waals surface area contributed by atoms with Gasteiger partial charge in [0, 0.05) is 7.11 Å². The van der Waals surface area contributed by atoms with Gasteiger partial charge in [-0.05, 0) is 12.1 Å². The maximum atomic E-state index is 11.6. The van der Waals surface area contributed by atoms with Gasteiger partial charge in [-0.2, -0.15) is 5.10 Å². The van der Waals surface area contributed by atoms with Crippen LogP contribution in [-0.2, 0) is 14.3 Å². The number of ether oxygens (including phenoxy) is 2. The number of hydrogen-bond acceptors (Lipinski definition) is 6. The van der Waals surface area contributed by atoms with E-state index in [1.54, 1.807) is 31.8 Å². The lowest BCUT2D eigenvalue weighted by molar-refractivity contribution is -0.121. The molecule has 0 aliphatic rings. The Morgan fingerprint density at radius 1 is 1.40 bits per heavy atom. The molecule has 0 saturated carbocycles. The van der Waals surface area contributed by atoms with Crippen LogP contribution in [0, 0.1) is 0 Å². The van der Waals surface area contributed by atoms with E-state index in [0.717, 1.165) is 0 Å². The van der Waals surface area contributed by atoms with E-state index >= 15 is 0 Å². The number of pyridine rings is 1. The van der Waals surface area contributed by atoms with Gasteiger partial charge in [0.1, 0.15) is 19.3 Å². The Morgan fingerprint density at radius 3 is 2.95 bits per heavy atom. The van der Waals surface area contributed by atoms with Gasteiger partial charge in [0.05, 0.1) is 25.1 Å². The number of methoxy groups -OCH3 is 1. The molecule has 0 aromatic carbocycles. The molecule has 20 heavy (non-hydrogen) atoms. The Balaban J connectivity index is 1.83. The molecule has 1 amide bonds. The maximum Gasteiger partial charge on any atom is 0.250 e. The summed E-state index contributed by atoms with van der Waals surface area (Å²) in [6.45, 7) is 0.822. The molecule has 0 radical (unpaired) electrons. The summed E-state index contributed by atoms with van der Waals surface area (Å²) >= 11 is 0. The monoisotopic (exact) mass is 277 g/mol. The fourth-order valence-electron chi connectivity index (χ4n) is 1.43. The topological polar surface area (TPSA) is 91.2 Å². The molecular formula is C12H15N5O3. The first-order chi connectivity index (χ1) is 9.79. The number of hydrogen-bond donors (Lipinski definition) is 1. The number of aromatic nitrogens is 4. The summed E-state index contributed by atoms with van der Waals surface area (Å²) in [6, 6.07) is 3.47. The molecule has 0 bridgehead atoms. The zero-order chi connectivity index (χ0) is 14.2. The number of amides is 1. The molecule has 0 saturated heterocycles. The third-order valence-corrected chi connectivity index (χ3v) is 2.35. The van der Waals surface area contributed by atoms with Gasteiger partial charge in [0.25, 0.3) is 0 Å². The quantitative estimate of drug-likeness (QED) is 0.730. The smallest absolute Gasteiger partial charge is 0.250 e. The van der Waals surface area contributed by atoms with Crippen LogP contribution in [0.2, 0.25) is 0 Å². The second kappa shape index (κ2) is 7.31. The molecule has 2 aromatic rings. The summed E-state index contributed by atoms with van der Waals surface area (Å²) in [6.07, 6.45) is 4.52. The SMILES string of the molecule is COCCOCC(=O)Nc1ccc(-n2cncn2)nc1. The lowest BCUT2D eigenvalue weighted by Crippen LogP contribution is -2.19. The van der Waals surface area contributed by atoms with E-state index in [2.05, 4.69) is 20.4 Å².